The summed E-state index contributed by atoms with van der Waals surface area (Å²) in [7, 11) is -1.12. The maximum atomic E-state index is 3.79. The van der Waals surface area contributed by atoms with E-state index in [4.69, 9.17) is 0 Å². The molecule has 0 heterocycles. The van der Waals surface area contributed by atoms with E-state index in [1.54, 1.807) is 0 Å². The molecule has 1 heteroatoms. The molecule has 0 aromatic carbocycles. The van der Waals surface area contributed by atoms with Crippen LogP contribution in [0.25, 0.3) is 0 Å². The molecular formula is C8H15Si. The van der Waals surface area contributed by atoms with Crippen molar-refractivity contribution in [3.05, 3.63) is 6.92 Å². The molecule has 0 aromatic heterocycles. The van der Waals surface area contributed by atoms with Crippen molar-refractivity contribution < 1.29 is 0 Å². The van der Waals surface area contributed by atoms with Crippen molar-refractivity contribution in [1.82, 2.24) is 0 Å². The van der Waals surface area contributed by atoms with Crippen LogP contribution in [-0.2, 0) is 0 Å². The lowest BCUT2D eigenvalue weighted by Gasteiger charge is -2.03. The standard InChI is InChI=1S/C8H15Si/c1-8(2)6-7-9(3,4)5/h8H,1H2,2-5H3. The molecule has 0 aliphatic rings. The summed E-state index contributed by atoms with van der Waals surface area (Å²) in [5.41, 5.74) is 3.25. The summed E-state index contributed by atoms with van der Waals surface area (Å²) in [6.45, 7) is 12.5. The molecule has 0 amide bonds. The number of rotatable bonds is 0. The molecule has 0 saturated heterocycles. The Kier molecular flexibility index (Phi) is 3.00. The van der Waals surface area contributed by atoms with Crippen molar-refractivity contribution in [3.63, 3.8) is 0 Å². The zero-order chi connectivity index (χ0) is 7.49. The van der Waals surface area contributed by atoms with Crippen molar-refractivity contribution >= 4 is 8.07 Å². The zero-order valence-corrected chi connectivity index (χ0v) is 7.78. The lowest BCUT2D eigenvalue weighted by atomic mass is 10.2. The molecule has 1 radical (unpaired) electrons. The Hall–Kier alpha value is -0.223. The van der Waals surface area contributed by atoms with Gasteiger partial charge in [0, 0.05) is 5.92 Å². The maximum Gasteiger partial charge on any atom is 0.129 e. The van der Waals surface area contributed by atoms with E-state index in [9.17, 15) is 0 Å². The van der Waals surface area contributed by atoms with Crippen LogP contribution in [0.5, 0.6) is 0 Å². The molecule has 0 nitrogen and oxygen atoms in total. The Labute approximate surface area is 59.7 Å². The van der Waals surface area contributed by atoms with Gasteiger partial charge in [-0.15, -0.1) is 11.5 Å². The third-order valence-electron chi connectivity index (χ3n) is 0.694. The molecule has 0 aliphatic heterocycles. The summed E-state index contributed by atoms with van der Waals surface area (Å²) in [6.07, 6.45) is 0. The minimum absolute atomic E-state index is 0.289. The van der Waals surface area contributed by atoms with Gasteiger partial charge in [-0.25, -0.2) is 0 Å². The molecule has 1 unspecified atom stereocenters. The van der Waals surface area contributed by atoms with E-state index in [2.05, 4.69) is 38.0 Å². The maximum absolute atomic E-state index is 3.79. The van der Waals surface area contributed by atoms with E-state index in [1.807, 2.05) is 6.92 Å². The van der Waals surface area contributed by atoms with Crippen LogP contribution >= 0.6 is 0 Å². The minimum Gasteiger partial charge on any atom is -0.132 e. The molecule has 1 atom stereocenters. The molecule has 0 rings (SSSR count). The van der Waals surface area contributed by atoms with Crippen LogP contribution < -0.4 is 0 Å². The second-order valence-corrected chi connectivity index (χ2v) is 8.17. The molecule has 0 spiro atoms. The Balaban J connectivity index is 3.88. The molecule has 0 aliphatic carbocycles. The number of hydrogen-bond donors (Lipinski definition) is 0. The number of hydrogen-bond acceptors (Lipinski definition) is 0. The zero-order valence-electron chi connectivity index (χ0n) is 6.78. The van der Waals surface area contributed by atoms with Crippen molar-refractivity contribution in [3.8, 4) is 11.5 Å². The monoisotopic (exact) mass is 139 g/mol. The van der Waals surface area contributed by atoms with Gasteiger partial charge in [0.1, 0.15) is 8.07 Å². The first-order valence-electron chi connectivity index (χ1n) is 3.27. The summed E-state index contributed by atoms with van der Waals surface area (Å²) in [4.78, 5) is 0. The van der Waals surface area contributed by atoms with Gasteiger partial charge in [-0.3, -0.25) is 0 Å². The predicted molar refractivity (Wildman–Crippen MR) is 45.6 cm³/mol. The molecule has 0 aromatic rings. The van der Waals surface area contributed by atoms with Gasteiger partial charge >= 0.3 is 0 Å². The third kappa shape index (κ3) is 7.78. The van der Waals surface area contributed by atoms with Crippen LogP contribution in [0.15, 0.2) is 0 Å². The topological polar surface area (TPSA) is 0 Å². The first-order chi connectivity index (χ1) is 3.92. The Morgan fingerprint density at radius 1 is 1.33 bits per heavy atom. The molecular weight excluding hydrogens is 124 g/mol. The predicted octanol–water partition coefficient (Wildman–Crippen LogP) is 2.34. The smallest absolute Gasteiger partial charge is 0.129 e. The molecule has 51 valence electrons. The van der Waals surface area contributed by atoms with Crippen molar-refractivity contribution in [1.29, 1.82) is 0 Å². The summed E-state index contributed by atoms with van der Waals surface area (Å²) < 4.78 is 0. The van der Waals surface area contributed by atoms with Gasteiger partial charge in [0.2, 0.25) is 0 Å². The summed E-state index contributed by atoms with van der Waals surface area (Å²) in [5, 5.41) is 0. The highest BCUT2D eigenvalue weighted by Gasteiger charge is 2.07. The fourth-order valence-corrected chi connectivity index (χ4v) is 1.02. The van der Waals surface area contributed by atoms with Crippen molar-refractivity contribution in [2.24, 2.45) is 5.92 Å². The largest absolute Gasteiger partial charge is 0.132 e. The fraction of sp³-hybridized carbons (Fsp3) is 0.625. The first-order valence-corrected chi connectivity index (χ1v) is 6.77. The molecule has 0 saturated carbocycles. The highest BCUT2D eigenvalue weighted by Crippen LogP contribution is 1.97. The Bertz CT molecular complexity index is 129. The van der Waals surface area contributed by atoms with E-state index in [0.29, 0.717) is 0 Å². The van der Waals surface area contributed by atoms with Crippen LogP contribution in [0.3, 0.4) is 0 Å². The van der Waals surface area contributed by atoms with Gasteiger partial charge in [-0.05, 0) is 6.92 Å². The van der Waals surface area contributed by atoms with Crippen LogP contribution in [0.1, 0.15) is 6.92 Å². The van der Waals surface area contributed by atoms with Gasteiger partial charge < -0.3 is 0 Å². The highest BCUT2D eigenvalue weighted by molar-refractivity contribution is 6.83. The second kappa shape index (κ2) is 3.08. The van der Waals surface area contributed by atoms with Crippen LogP contribution in [0, 0.1) is 24.3 Å². The Morgan fingerprint density at radius 3 is 1.89 bits per heavy atom. The van der Waals surface area contributed by atoms with E-state index < -0.39 is 8.07 Å². The van der Waals surface area contributed by atoms with Crippen molar-refractivity contribution in [2.45, 2.75) is 26.6 Å². The van der Waals surface area contributed by atoms with Gasteiger partial charge in [-0.2, -0.15) is 0 Å². The van der Waals surface area contributed by atoms with E-state index in [0.717, 1.165) is 0 Å². The van der Waals surface area contributed by atoms with E-state index in [1.165, 1.54) is 0 Å². The van der Waals surface area contributed by atoms with Gasteiger partial charge in [0.15, 0.2) is 0 Å². The van der Waals surface area contributed by atoms with E-state index in [-0.39, 0.29) is 5.92 Å². The molecule has 0 fully saturated rings. The van der Waals surface area contributed by atoms with E-state index >= 15 is 0 Å². The minimum atomic E-state index is -1.12. The molecule has 0 bridgehead atoms. The fourth-order valence-electron chi connectivity index (χ4n) is 0.340. The summed E-state index contributed by atoms with van der Waals surface area (Å²) in [6, 6.07) is 0. The summed E-state index contributed by atoms with van der Waals surface area (Å²) in [5.74, 6) is 3.37. The van der Waals surface area contributed by atoms with Crippen LogP contribution in [0.4, 0.5) is 0 Å². The second-order valence-electron chi connectivity index (χ2n) is 3.42. The SMILES string of the molecule is [CH2]C(C)C#C[Si](C)(C)C. The molecule has 0 N–H and O–H groups in total. The lowest BCUT2D eigenvalue weighted by molar-refractivity contribution is 0.978. The lowest BCUT2D eigenvalue weighted by Crippen LogP contribution is -2.16. The normalized spacial score (nSPS) is 10.9. The first kappa shape index (κ1) is 8.78. The van der Waals surface area contributed by atoms with Crippen molar-refractivity contribution in [2.75, 3.05) is 0 Å². The quantitative estimate of drug-likeness (QED) is 0.357. The summed E-state index contributed by atoms with van der Waals surface area (Å²) >= 11 is 0. The van der Waals surface area contributed by atoms with Crippen LogP contribution in [0.2, 0.25) is 19.6 Å². The van der Waals surface area contributed by atoms with Gasteiger partial charge in [-0.1, -0.05) is 26.6 Å². The third-order valence-corrected chi connectivity index (χ3v) is 1.59. The highest BCUT2D eigenvalue weighted by atomic mass is 28.3. The Morgan fingerprint density at radius 2 is 1.78 bits per heavy atom. The van der Waals surface area contributed by atoms with Gasteiger partial charge in [0.25, 0.3) is 0 Å². The van der Waals surface area contributed by atoms with Crippen LogP contribution in [-0.4, -0.2) is 8.07 Å². The average Bonchev–Trinajstić information content (AvgIpc) is 1.59. The van der Waals surface area contributed by atoms with Gasteiger partial charge in [0.05, 0.1) is 0 Å². The molecule has 9 heavy (non-hydrogen) atoms. The average molecular weight is 139 g/mol.